The predicted molar refractivity (Wildman–Crippen MR) is 88.2 cm³/mol. The topological polar surface area (TPSA) is 124 Å². The molecule has 0 unspecified atom stereocenters. The molecule has 0 saturated carbocycles. The van der Waals surface area contributed by atoms with Crippen LogP contribution in [0.1, 0.15) is 36.9 Å². The number of esters is 2. The molecule has 136 valence electrons. The van der Waals surface area contributed by atoms with Crippen molar-refractivity contribution >= 4 is 28.9 Å². The Bertz CT molecular complexity index is 771. The number of anilines is 1. The van der Waals surface area contributed by atoms with Crippen LogP contribution in [0.15, 0.2) is 10.7 Å². The Balaban J connectivity index is 2.50. The third-order valence-electron chi connectivity index (χ3n) is 3.46. The van der Waals surface area contributed by atoms with E-state index in [1.807, 2.05) is 0 Å². The van der Waals surface area contributed by atoms with E-state index in [1.165, 1.54) is 13.3 Å². The third-order valence-corrected chi connectivity index (χ3v) is 3.46. The maximum absolute atomic E-state index is 12.2. The van der Waals surface area contributed by atoms with Crippen LogP contribution in [0.3, 0.4) is 0 Å². The molecule has 9 heteroatoms. The second-order valence-corrected chi connectivity index (χ2v) is 5.27. The number of carbonyl (C=O) groups excluding carboxylic acids is 2. The molecule has 0 spiro atoms. The molecule has 0 bridgehead atoms. The van der Waals surface area contributed by atoms with Gasteiger partial charge in [0.1, 0.15) is 23.5 Å². The van der Waals surface area contributed by atoms with Gasteiger partial charge in [0.2, 0.25) is 5.71 Å². The van der Waals surface area contributed by atoms with E-state index in [4.69, 9.17) is 13.9 Å². The van der Waals surface area contributed by atoms with E-state index in [1.54, 1.807) is 20.8 Å². The van der Waals surface area contributed by atoms with Crippen LogP contribution in [0.5, 0.6) is 0 Å². The van der Waals surface area contributed by atoms with Crippen molar-refractivity contribution in [3.8, 4) is 0 Å². The SMILES string of the molecule is CCOC(=O)c1c(C)oc2ncnc(N[C@H](C(=O)OCC)[C@@H](C)O)c12. The van der Waals surface area contributed by atoms with Gasteiger partial charge in [-0.3, -0.25) is 0 Å². The van der Waals surface area contributed by atoms with Gasteiger partial charge in [-0.2, -0.15) is 0 Å². The van der Waals surface area contributed by atoms with Gasteiger partial charge in [0.15, 0.2) is 6.04 Å². The van der Waals surface area contributed by atoms with Crippen LogP contribution in [0.4, 0.5) is 5.82 Å². The minimum Gasteiger partial charge on any atom is -0.464 e. The summed E-state index contributed by atoms with van der Waals surface area (Å²) in [6.45, 7) is 6.77. The summed E-state index contributed by atoms with van der Waals surface area (Å²) in [5.74, 6) is -0.728. The fourth-order valence-electron chi connectivity index (χ4n) is 2.36. The van der Waals surface area contributed by atoms with Crippen LogP contribution in [0.25, 0.3) is 11.1 Å². The lowest BCUT2D eigenvalue weighted by Crippen LogP contribution is -2.40. The van der Waals surface area contributed by atoms with Gasteiger partial charge in [0, 0.05) is 0 Å². The number of nitrogens with zero attached hydrogens (tertiary/aromatic N) is 2. The number of hydrogen-bond donors (Lipinski definition) is 2. The van der Waals surface area contributed by atoms with Gasteiger partial charge in [-0.15, -0.1) is 0 Å². The Kier molecular flexibility index (Phi) is 5.92. The summed E-state index contributed by atoms with van der Waals surface area (Å²) in [6, 6.07) is -1.07. The number of nitrogens with one attached hydrogen (secondary N) is 1. The standard InChI is InChI=1S/C16H21N3O6/c1-5-23-15(21)10-9(4)25-14-11(10)13(17-7-18-14)19-12(8(3)20)16(22)24-6-2/h7-8,12,20H,5-6H2,1-4H3,(H,17,18,19)/t8-,12+/m1/s1. The Morgan fingerprint density at radius 2 is 1.96 bits per heavy atom. The molecular formula is C16H21N3O6. The lowest BCUT2D eigenvalue weighted by molar-refractivity contribution is -0.146. The summed E-state index contributed by atoms with van der Waals surface area (Å²) in [7, 11) is 0. The molecular weight excluding hydrogens is 330 g/mol. The zero-order chi connectivity index (χ0) is 18.6. The average molecular weight is 351 g/mol. The third kappa shape index (κ3) is 3.87. The largest absolute Gasteiger partial charge is 0.464 e. The normalized spacial score (nSPS) is 13.3. The molecule has 0 aliphatic heterocycles. The monoisotopic (exact) mass is 351 g/mol. The number of rotatable bonds is 7. The molecule has 0 radical (unpaired) electrons. The molecule has 2 aromatic rings. The second-order valence-electron chi connectivity index (χ2n) is 5.27. The molecule has 25 heavy (non-hydrogen) atoms. The summed E-state index contributed by atoms with van der Waals surface area (Å²) in [5, 5.41) is 13.0. The number of aliphatic hydroxyl groups excluding tert-OH is 1. The summed E-state index contributed by atoms with van der Waals surface area (Å²) >= 11 is 0. The molecule has 0 amide bonds. The lowest BCUT2D eigenvalue weighted by atomic mass is 10.1. The minimum atomic E-state index is -1.07. The predicted octanol–water partition coefficient (Wildman–Crippen LogP) is 1.43. The van der Waals surface area contributed by atoms with Crippen LogP contribution >= 0.6 is 0 Å². The van der Waals surface area contributed by atoms with Crippen molar-refractivity contribution in [3.63, 3.8) is 0 Å². The van der Waals surface area contributed by atoms with Crippen LogP contribution in [-0.4, -0.2) is 52.4 Å². The number of fused-ring (bicyclic) bond motifs is 1. The van der Waals surface area contributed by atoms with Crippen molar-refractivity contribution in [3.05, 3.63) is 17.7 Å². The fraction of sp³-hybridized carbons (Fsp3) is 0.500. The lowest BCUT2D eigenvalue weighted by Gasteiger charge is -2.20. The zero-order valence-corrected chi connectivity index (χ0v) is 14.5. The van der Waals surface area contributed by atoms with Gasteiger partial charge < -0.3 is 24.3 Å². The molecule has 0 aromatic carbocycles. The van der Waals surface area contributed by atoms with E-state index in [-0.39, 0.29) is 35.7 Å². The van der Waals surface area contributed by atoms with Gasteiger partial charge >= 0.3 is 11.9 Å². The Labute approximate surface area is 144 Å². The minimum absolute atomic E-state index is 0.168. The van der Waals surface area contributed by atoms with Crippen molar-refractivity contribution in [1.29, 1.82) is 0 Å². The number of hydrogen-bond acceptors (Lipinski definition) is 9. The highest BCUT2D eigenvalue weighted by Crippen LogP contribution is 2.30. The van der Waals surface area contributed by atoms with E-state index in [9.17, 15) is 14.7 Å². The van der Waals surface area contributed by atoms with Crippen molar-refractivity contribution in [2.75, 3.05) is 18.5 Å². The Morgan fingerprint density at radius 1 is 1.28 bits per heavy atom. The number of ether oxygens (including phenoxy) is 2. The van der Waals surface area contributed by atoms with Crippen molar-refractivity contribution in [2.45, 2.75) is 39.8 Å². The first-order chi connectivity index (χ1) is 11.9. The van der Waals surface area contributed by atoms with Crippen molar-refractivity contribution in [2.24, 2.45) is 0 Å². The molecule has 0 fully saturated rings. The first-order valence-electron chi connectivity index (χ1n) is 7.93. The van der Waals surface area contributed by atoms with E-state index >= 15 is 0 Å². The molecule has 2 aromatic heterocycles. The first-order valence-corrected chi connectivity index (χ1v) is 7.93. The summed E-state index contributed by atoms with van der Waals surface area (Å²) in [6.07, 6.45) is 0.176. The molecule has 0 saturated heterocycles. The van der Waals surface area contributed by atoms with Gasteiger partial charge in [-0.25, -0.2) is 19.6 Å². The molecule has 2 N–H and O–H groups in total. The van der Waals surface area contributed by atoms with Gasteiger partial charge in [0.25, 0.3) is 0 Å². The quantitative estimate of drug-likeness (QED) is 0.713. The number of aromatic nitrogens is 2. The maximum atomic E-state index is 12.2. The average Bonchev–Trinajstić information content (AvgIpc) is 2.89. The highest BCUT2D eigenvalue weighted by Gasteiger charge is 2.29. The fourth-order valence-corrected chi connectivity index (χ4v) is 2.36. The Hall–Kier alpha value is -2.68. The molecule has 0 aliphatic rings. The summed E-state index contributed by atoms with van der Waals surface area (Å²) in [4.78, 5) is 32.4. The number of carbonyl (C=O) groups is 2. The van der Waals surface area contributed by atoms with Crippen LogP contribution < -0.4 is 5.32 Å². The molecule has 0 aliphatic carbocycles. The van der Waals surface area contributed by atoms with E-state index in [0.717, 1.165) is 0 Å². The summed E-state index contributed by atoms with van der Waals surface area (Å²) in [5.41, 5.74) is 0.347. The Morgan fingerprint density at radius 3 is 2.56 bits per heavy atom. The first kappa shape index (κ1) is 18.7. The van der Waals surface area contributed by atoms with E-state index in [0.29, 0.717) is 5.76 Å². The highest BCUT2D eigenvalue weighted by molar-refractivity contribution is 6.08. The van der Waals surface area contributed by atoms with Gasteiger partial charge in [0.05, 0.1) is 24.7 Å². The highest BCUT2D eigenvalue weighted by atomic mass is 16.5. The zero-order valence-electron chi connectivity index (χ0n) is 14.5. The smallest absolute Gasteiger partial charge is 0.342 e. The van der Waals surface area contributed by atoms with E-state index < -0.39 is 24.1 Å². The van der Waals surface area contributed by atoms with Crippen molar-refractivity contribution in [1.82, 2.24) is 9.97 Å². The number of aryl methyl sites for hydroxylation is 1. The van der Waals surface area contributed by atoms with Crippen molar-refractivity contribution < 1.29 is 28.6 Å². The summed E-state index contributed by atoms with van der Waals surface area (Å²) < 4.78 is 15.5. The molecule has 9 nitrogen and oxygen atoms in total. The van der Waals surface area contributed by atoms with Gasteiger partial charge in [-0.05, 0) is 27.7 Å². The maximum Gasteiger partial charge on any atom is 0.342 e. The number of aliphatic hydroxyl groups is 1. The molecule has 2 atom stereocenters. The van der Waals surface area contributed by atoms with Crippen LogP contribution in [-0.2, 0) is 14.3 Å². The van der Waals surface area contributed by atoms with E-state index in [2.05, 4.69) is 15.3 Å². The van der Waals surface area contributed by atoms with Crippen LogP contribution in [0.2, 0.25) is 0 Å². The van der Waals surface area contributed by atoms with Crippen LogP contribution in [0, 0.1) is 6.92 Å². The molecule has 2 rings (SSSR count). The molecule has 2 heterocycles. The number of furan rings is 1. The second kappa shape index (κ2) is 7.93. The van der Waals surface area contributed by atoms with Gasteiger partial charge in [-0.1, -0.05) is 0 Å².